The van der Waals surface area contributed by atoms with Crippen LogP contribution >= 0.6 is 0 Å². The van der Waals surface area contributed by atoms with E-state index >= 15 is 0 Å². The quantitative estimate of drug-likeness (QED) is 0.209. The minimum atomic E-state index is -0.476. The third-order valence-corrected chi connectivity index (χ3v) is 1.82. The summed E-state index contributed by atoms with van der Waals surface area (Å²) in [6.45, 7) is 0.0683. The fourth-order valence-corrected chi connectivity index (χ4v) is 1.17. The largest absolute Gasteiger partial charge is 0.465 e. The molecule has 6 heteroatoms. The van der Waals surface area contributed by atoms with Gasteiger partial charge in [0.2, 0.25) is 0 Å². The van der Waals surface area contributed by atoms with Crippen molar-refractivity contribution in [2.24, 2.45) is 5.11 Å². The number of nitrogen functional groups attached to an aromatic ring is 1. The van der Waals surface area contributed by atoms with Crippen LogP contribution in [0.25, 0.3) is 10.4 Å². The van der Waals surface area contributed by atoms with Crippen molar-refractivity contribution in [2.45, 2.75) is 0 Å². The maximum atomic E-state index is 11.3. The van der Waals surface area contributed by atoms with Gasteiger partial charge in [-0.3, -0.25) is 0 Å². The van der Waals surface area contributed by atoms with Gasteiger partial charge in [0.1, 0.15) is 0 Å². The molecule has 0 atom stereocenters. The average Bonchev–Trinajstić information content (AvgIpc) is 2.33. The summed E-state index contributed by atoms with van der Waals surface area (Å²) in [4.78, 5) is 13.9. The van der Waals surface area contributed by atoms with Crippen molar-refractivity contribution in [3.63, 3.8) is 0 Å². The molecule has 0 amide bonds. The predicted octanol–water partition coefficient (Wildman–Crippen LogP) is 1.72. The van der Waals surface area contributed by atoms with Gasteiger partial charge >= 0.3 is 5.97 Å². The van der Waals surface area contributed by atoms with E-state index in [-0.39, 0.29) is 6.54 Å². The van der Waals surface area contributed by atoms with Crippen LogP contribution in [0.4, 0.5) is 5.69 Å². The second-order valence-electron chi connectivity index (χ2n) is 3.03. The van der Waals surface area contributed by atoms with Crippen LogP contribution in [-0.4, -0.2) is 19.6 Å². The van der Waals surface area contributed by atoms with Crippen LogP contribution in [-0.2, 0) is 4.74 Å². The number of hydrogen-bond donors (Lipinski definition) is 1. The van der Waals surface area contributed by atoms with Crippen LogP contribution in [0.15, 0.2) is 23.3 Å². The minimum Gasteiger partial charge on any atom is -0.465 e. The highest BCUT2D eigenvalue weighted by atomic mass is 16.5. The zero-order chi connectivity index (χ0) is 12.7. The van der Waals surface area contributed by atoms with E-state index in [2.05, 4.69) is 26.6 Å². The zero-order valence-electron chi connectivity index (χ0n) is 9.17. The van der Waals surface area contributed by atoms with E-state index in [1.165, 1.54) is 13.2 Å². The van der Waals surface area contributed by atoms with Crippen molar-refractivity contribution in [1.29, 1.82) is 0 Å². The number of nitrogens with zero attached hydrogens (tertiary/aromatic N) is 3. The molecular weight excluding hydrogens is 220 g/mol. The van der Waals surface area contributed by atoms with Crippen molar-refractivity contribution in [3.05, 3.63) is 39.8 Å². The second kappa shape index (κ2) is 6.05. The number of carbonyl (C=O) groups is 1. The Bertz CT molecular complexity index is 536. The Kier molecular flexibility index (Phi) is 4.43. The number of rotatable bonds is 2. The van der Waals surface area contributed by atoms with Crippen LogP contribution in [0, 0.1) is 11.8 Å². The maximum absolute atomic E-state index is 11.3. The molecule has 0 aliphatic heterocycles. The molecular formula is C11H10N4O2. The first-order valence-corrected chi connectivity index (χ1v) is 4.66. The molecule has 1 rings (SSSR count). The van der Waals surface area contributed by atoms with Gasteiger partial charge in [-0.2, -0.15) is 0 Å². The van der Waals surface area contributed by atoms with Crippen molar-refractivity contribution in [2.75, 3.05) is 19.4 Å². The van der Waals surface area contributed by atoms with E-state index < -0.39 is 5.97 Å². The van der Waals surface area contributed by atoms with Crippen LogP contribution in [0.3, 0.4) is 0 Å². The summed E-state index contributed by atoms with van der Waals surface area (Å²) < 4.78 is 4.58. The molecule has 1 aromatic rings. The molecule has 1 aromatic carbocycles. The molecule has 0 aliphatic carbocycles. The topological polar surface area (TPSA) is 101 Å². The number of ether oxygens (including phenoxy) is 1. The molecule has 0 bridgehead atoms. The molecule has 0 saturated carbocycles. The van der Waals surface area contributed by atoms with Gasteiger partial charge in [0, 0.05) is 16.2 Å². The fraction of sp³-hybridized carbons (Fsp3) is 0.182. The van der Waals surface area contributed by atoms with Gasteiger partial charge < -0.3 is 10.5 Å². The summed E-state index contributed by atoms with van der Waals surface area (Å²) >= 11 is 0. The average molecular weight is 230 g/mol. The van der Waals surface area contributed by atoms with E-state index in [0.717, 1.165) is 0 Å². The van der Waals surface area contributed by atoms with Gasteiger partial charge in [0.15, 0.2) is 0 Å². The zero-order valence-corrected chi connectivity index (χ0v) is 9.17. The Labute approximate surface area is 98.0 Å². The maximum Gasteiger partial charge on any atom is 0.337 e. The number of methoxy groups -OCH3 is 1. The van der Waals surface area contributed by atoms with Crippen molar-refractivity contribution in [3.8, 4) is 11.8 Å². The molecule has 86 valence electrons. The third-order valence-electron chi connectivity index (χ3n) is 1.82. The molecule has 0 spiro atoms. The molecule has 0 fully saturated rings. The number of hydrogen-bond acceptors (Lipinski definition) is 4. The van der Waals surface area contributed by atoms with Gasteiger partial charge in [0.25, 0.3) is 0 Å². The SMILES string of the molecule is COC(=O)c1cc(N)cc(C#CCN=[N+]=[N-])c1. The highest BCUT2D eigenvalue weighted by Gasteiger charge is 2.06. The molecule has 0 heterocycles. The summed E-state index contributed by atoms with van der Waals surface area (Å²) in [6, 6.07) is 4.69. The lowest BCUT2D eigenvalue weighted by atomic mass is 10.1. The number of azide groups is 1. The lowest BCUT2D eigenvalue weighted by Crippen LogP contribution is -2.02. The first-order valence-electron chi connectivity index (χ1n) is 4.66. The molecule has 2 N–H and O–H groups in total. The van der Waals surface area contributed by atoms with E-state index in [1.807, 2.05) is 0 Å². The third kappa shape index (κ3) is 3.78. The monoisotopic (exact) mass is 230 g/mol. The van der Waals surface area contributed by atoms with Crippen molar-refractivity contribution in [1.82, 2.24) is 0 Å². The molecule has 0 aromatic heterocycles. The Hall–Kier alpha value is -2.64. The van der Waals surface area contributed by atoms with Crippen LogP contribution in [0.2, 0.25) is 0 Å². The summed E-state index contributed by atoms with van der Waals surface area (Å²) in [6.07, 6.45) is 0. The van der Waals surface area contributed by atoms with Crippen molar-refractivity contribution < 1.29 is 9.53 Å². The predicted molar refractivity (Wildman–Crippen MR) is 63.1 cm³/mol. The van der Waals surface area contributed by atoms with Crippen molar-refractivity contribution >= 4 is 11.7 Å². The van der Waals surface area contributed by atoms with E-state index in [1.54, 1.807) is 12.1 Å². The first kappa shape index (κ1) is 12.4. The molecule has 0 radical (unpaired) electrons. The minimum absolute atomic E-state index is 0.0683. The van der Waals surface area contributed by atoms with E-state index in [4.69, 9.17) is 11.3 Å². The highest BCUT2D eigenvalue weighted by Crippen LogP contribution is 2.12. The van der Waals surface area contributed by atoms with Crippen LogP contribution < -0.4 is 5.73 Å². The Morgan fingerprint density at radius 3 is 3.00 bits per heavy atom. The molecule has 6 nitrogen and oxygen atoms in total. The van der Waals surface area contributed by atoms with E-state index in [0.29, 0.717) is 16.8 Å². The number of nitrogens with two attached hydrogens (primary N) is 1. The van der Waals surface area contributed by atoms with Gasteiger partial charge in [-0.05, 0) is 23.7 Å². The van der Waals surface area contributed by atoms with Gasteiger partial charge in [0.05, 0.1) is 19.2 Å². The summed E-state index contributed by atoms with van der Waals surface area (Å²) in [5, 5.41) is 3.27. The summed E-state index contributed by atoms with van der Waals surface area (Å²) in [5.41, 5.74) is 15.0. The van der Waals surface area contributed by atoms with Crippen LogP contribution in [0.5, 0.6) is 0 Å². The molecule has 0 unspecified atom stereocenters. The Morgan fingerprint density at radius 2 is 2.35 bits per heavy atom. The summed E-state index contributed by atoms with van der Waals surface area (Å²) in [7, 11) is 1.29. The lowest BCUT2D eigenvalue weighted by molar-refractivity contribution is 0.0601. The standard InChI is InChI=1S/C11H10N4O2/c1-17-11(16)9-5-8(6-10(12)7-9)3-2-4-14-15-13/h5-7H,4,12H2,1H3. The summed E-state index contributed by atoms with van der Waals surface area (Å²) in [5.74, 6) is 4.90. The molecule has 17 heavy (non-hydrogen) atoms. The van der Waals surface area contributed by atoms with Crippen LogP contribution in [0.1, 0.15) is 15.9 Å². The molecule has 0 aliphatic rings. The molecule has 0 saturated heterocycles. The number of benzene rings is 1. The number of anilines is 1. The van der Waals surface area contributed by atoms with Gasteiger partial charge in [-0.15, -0.1) is 0 Å². The lowest BCUT2D eigenvalue weighted by Gasteiger charge is -2.01. The highest BCUT2D eigenvalue weighted by molar-refractivity contribution is 5.90. The normalized spacial score (nSPS) is 8.53. The fourth-order valence-electron chi connectivity index (χ4n) is 1.17. The first-order chi connectivity index (χ1) is 8.17. The number of esters is 1. The van der Waals surface area contributed by atoms with Gasteiger partial charge in [-0.1, -0.05) is 17.0 Å². The second-order valence-corrected chi connectivity index (χ2v) is 3.03. The Morgan fingerprint density at radius 1 is 1.59 bits per heavy atom. The number of carbonyl (C=O) groups excluding carboxylic acids is 1. The Balaban J connectivity index is 2.99. The van der Waals surface area contributed by atoms with Gasteiger partial charge in [-0.25, -0.2) is 4.79 Å². The smallest absolute Gasteiger partial charge is 0.337 e. The van der Waals surface area contributed by atoms with E-state index in [9.17, 15) is 4.79 Å².